The molecule has 2 heterocycles. The molecule has 0 bridgehead atoms. The summed E-state index contributed by atoms with van der Waals surface area (Å²) in [4.78, 5) is 28.7. The standard InChI is InChI=1S/C17H26N2O2/c20-16-10-13-18(12-9-14-6-2-1-3-7-14)17(21)15-8-4-5-11-19(15)16/h6,15H,1-5,7-13H2. The molecule has 0 radical (unpaired) electrons. The molecule has 0 N–H and O–H groups in total. The van der Waals surface area contributed by atoms with E-state index in [0.29, 0.717) is 13.0 Å². The summed E-state index contributed by atoms with van der Waals surface area (Å²) in [6.07, 6.45) is 11.8. The van der Waals surface area contributed by atoms with Gasteiger partial charge in [-0.15, -0.1) is 0 Å². The molecule has 0 aromatic carbocycles. The van der Waals surface area contributed by atoms with Crippen LogP contribution in [0.25, 0.3) is 0 Å². The number of amides is 2. The van der Waals surface area contributed by atoms with E-state index in [1.165, 1.54) is 31.3 Å². The third-order valence-corrected chi connectivity index (χ3v) is 5.10. The molecule has 0 spiro atoms. The smallest absolute Gasteiger partial charge is 0.245 e. The van der Waals surface area contributed by atoms with Crippen LogP contribution in [0, 0.1) is 0 Å². The number of fused-ring (bicyclic) bond motifs is 1. The second-order valence-electron chi connectivity index (χ2n) is 6.53. The van der Waals surface area contributed by atoms with Crippen molar-refractivity contribution in [2.24, 2.45) is 0 Å². The normalized spacial score (nSPS) is 27.2. The molecule has 2 saturated heterocycles. The molecule has 1 aliphatic carbocycles. The molecule has 4 heteroatoms. The van der Waals surface area contributed by atoms with Crippen molar-refractivity contribution in [1.29, 1.82) is 0 Å². The zero-order valence-corrected chi connectivity index (χ0v) is 12.9. The van der Waals surface area contributed by atoms with Gasteiger partial charge in [0.15, 0.2) is 0 Å². The van der Waals surface area contributed by atoms with Crippen LogP contribution < -0.4 is 0 Å². The van der Waals surface area contributed by atoms with E-state index >= 15 is 0 Å². The Hall–Kier alpha value is -1.32. The molecule has 3 rings (SSSR count). The molecular formula is C17H26N2O2. The van der Waals surface area contributed by atoms with E-state index in [0.717, 1.165) is 38.8 Å². The lowest BCUT2D eigenvalue weighted by atomic mass is 9.97. The van der Waals surface area contributed by atoms with Gasteiger partial charge >= 0.3 is 0 Å². The van der Waals surface area contributed by atoms with Gasteiger partial charge in [0.25, 0.3) is 0 Å². The van der Waals surface area contributed by atoms with Crippen LogP contribution in [0.1, 0.15) is 57.8 Å². The summed E-state index contributed by atoms with van der Waals surface area (Å²) in [6, 6.07) is -0.172. The van der Waals surface area contributed by atoms with Crippen LogP contribution >= 0.6 is 0 Å². The molecule has 116 valence electrons. The average molecular weight is 290 g/mol. The molecule has 21 heavy (non-hydrogen) atoms. The fraction of sp³-hybridized carbons (Fsp3) is 0.765. The minimum Gasteiger partial charge on any atom is -0.340 e. The summed E-state index contributed by atoms with van der Waals surface area (Å²) in [7, 11) is 0. The van der Waals surface area contributed by atoms with Crippen molar-refractivity contribution >= 4 is 11.8 Å². The quantitative estimate of drug-likeness (QED) is 0.749. The molecule has 2 fully saturated rings. The van der Waals surface area contributed by atoms with E-state index < -0.39 is 0 Å². The van der Waals surface area contributed by atoms with Gasteiger partial charge in [0.2, 0.25) is 11.8 Å². The van der Waals surface area contributed by atoms with Crippen LogP contribution in [0.4, 0.5) is 0 Å². The molecular weight excluding hydrogens is 264 g/mol. The van der Waals surface area contributed by atoms with Crippen LogP contribution in [-0.4, -0.2) is 47.3 Å². The summed E-state index contributed by atoms with van der Waals surface area (Å²) < 4.78 is 0. The number of hydrogen-bond donors (Lipinski definition) is 0. The maximum Gasteiger partial charge on any atom is 0.245 e. The van der Waals surface area contributed by atoms with Crippen molar-refractivity contribution in [3.63, 3.8) is 0 Å². The summed E-state index contributed by atoms with van der Waals surface area (Å²) in [5.74, 6) is 0.365. The predicted molar refractivity (Wildman–Crippen MR) is 81.7 cm³/mol. The maximum absolute atomic E-state index is 12.7. The van der Waals surface area contributed by atoms with Crippen molar-refractivity contribution in [2.75, 3.05) is 19.6 Å². The predicted octanol–water partition coefficient (Wildman–Crippen LogP) is 2.49. The lowest BCUT2D eigenvalue weighted by molar-refractivity contribution is -0.143. The van der Waals surface area contributed by atoms with Gasteiger partial charge in [-0.2, -0.15) is 0 Å². The molecule has 0 aromatic rings. The van der Waals surface area contributed by atoms with Crippen molar-refractivity contribution in [2.45, 2.75) is 63.8 Å². The zero-order chi connectivity index (χ0) is 14.7. The van der Waals surface area contributed by atoms with E-state index in [1.807, 2.05) is 9.80 Å². The van der Waals surface area contributed by atoms with E-state index in [1.54, 1.807) is 0 Å². The van der Waals surface area contributed by atoms with Crippen molar-refractivity contribution < 1.29 is 9.59 Å². The van der Waals surface area contributed by atoms with Crippen molar-refractivity contribution in [3.05, 3.63) is 11.6 Å². The molecule has 2 amide bonds. The Morgan fingerprint density at radius 1 is 1.05 bits per heavy atom. The maximum atomic E-state index is 12.7. The van der Waals surface area contributed by atoms with Crippen LogP contribution in [0.3, 0.4) is 0 Å². The second-order valence-corrected chi connectivity index (χ2v) is 6.53. The number of piperidine rings is 1. The largest absolute Gasteiger partial charge is 0.340 e. The molecule has 2 aliphatic heterocycles. The number of allylic oxidation sites excluding steroid dienone is 1. The SMILES string of the molecule is O=C1C2CCCCN2C(=O)CCN1CCC1=CCCCC1. The number of hydrogen-bond acceptors (Lipinski definition) is 2. The number of rotatable bonds is 3. The highest BCUT2D eigenvalue weighted by Crippen LogP contribution is 2.25. The second kappa shape index (κ2) is 6.63. The van der Waals surface area contributed by atoms with Gasteiger partial charge in [0.05, 0.1) is 0 Å². The topological polar surface area (TPSA) is 40.6 Å². The number of carbonyl (C=O) groups excluding carboxylic acids is 2. The Balaban J connectivity index is 1.63. The highest BCUT2D eigenvalue weighted by molar-refractivity contribution is 5.90. The first-order valence-corrected chi connectivity index (χ1v) is 8.52. The molecule has 1 atom stereocenters. The fourth-order valence-corrected chi connectivity index (χ4v) is 3.81. The lowest BCUT2D eigenvalue weighted by Crippen LogP contribution is -2.49. The Labute approximate surface area is 127 Å². The summed E-state index contributed by atoms with van der Waals surface area (Å²) >= 11 is 0. The van der Waals surface area contributed by atoms with E-state index in [9.17, 15) is 9.59 Å². The van der Waals surface area contributed by atoms with E-state index in [2.05, 4.69) is 6.08 Å². The van der Waals surface area contributed by atoms with Gasteiger partial charge in [0, 0.05) is 26.1 Å². The Morgan fingerprint density at radius 3 is 2.76 bits per heavy atom. The molecule has 4 nitrogen and oxygen atoms in total. The summed E-state index contributed by atoms with van der Waals surface area (Å²) in [5.41, 5.74) is 1.50. The number of carbonyl (C=O) groups is 2. The highest BCUT2D eigenvalue weighted by Gasteiger charge is 2.37. The van der Waals surface area contributed by atoms with Crippen LogP contribution in [0.5, 0.6) is 0 Å². The van der Waals surface area contributed by atoms with Crippen LogP contribution in [0.2, 0.25) is 0 Å². The zero-order valence-electron chi connectivity index (χ0n) is 12.9. The molecule has 1 unspecified atom stereocenters. The Kier molecular flexibility index (Phi) is 4.61. The fourth-order valence-electron chi connectivity index (χ4n) is 3.81. The van der Waals surface area contributed by atoms with Gasteiger partial charge < -0.3 is 9.80 Å². The molecule has 0 saturated carbocycles. The van der Waals surface area contributed by atoms with E-state index in [-0.39, 0.29) is 17.9 Å². The van der Waals surface area contributed by atoms with E-state index in [4.69, 9.17) is 0 Å². The minimum absolute atomic E-state index is 0.172. The summed E-state index contributed by atoms with van der Waals surface area (Å²) in [5, 5.41) is 0. The van der Waals surface area contributed by atoms with Crippen LogP contribution in [0.15, 0.2) is 11.6 Å². The van der Waals surface area contributed by atoms with Gasteiger partial charge in [-0.1, -0.05) is 11.6 Å². The first-order valence-electron chi connectivity index (χ1n) is 8.52. The van der Waals surface area contributed by atoms with Gasteiger partial charge in [-0.25, -0.2) is 0 Å². The average Bonchev–Trinajstić information content (AvgIpc) is 2.66. The number of nitrogens with zero attached hydrogens (tertiary/aromatic N) is 2. The lowest BCUT2D eigenvalue weighted by Gasteiger charge is -2.34. The third-order valence-electron chi connectivity index (χ3n) is 5.10. The van der Waals surface area contributed by atoms with Gasteiger partial charge in [0.1, 0.15) is 6.04 Å². The van der Waals surface area contributed by atoms with Crippen molar-refractivity contribution in [3.8, 4) is 0 Å². The molecule has 0 aromatic heterocycles. The first-order chi connectivity index (χ1) is 10.3. The third kappa shape index (κ3) is 3.30. The Bertz CT molecular complexity index is 444. The molecule has 3 aliphatic rings. The minimum atomic E-state index is -0.172. The first kappa shape index (κ1) is 14.6. The highest BCUT2D eigenvalue weighted by atomic mass is 16.2. The van der Waals surface area contributed by atoms with Crippen molar-refractivity contribution in [1.82, 2.24) is 9.80 Å². The van der Waals surface area contributed by atoms with Crippen LogP contribution in [-0.2, 0) is 9.59 Å². The monoisotopic (exact) mass is 290 g/mol. The van der Waals surface area contributed by atoms with Gasteiger partial charge in [-0.05, 0) is 51.4 Å². The van der Waals surface area contributed by atoms with Gasteiger partial charge in [-0.3, -0.25) is 9.59 Å². The summed E-state index contributed by atoms with van der Waals surface area (Å²) in [6.45, 7) is 2.18. The Morgan fingerprint density at radius 2 is 1.95 bits per heavy atom.